The molecule has 0 aliphatic rings. The molecule has 0 heterocycles. The van der Waals surface area contributed by atoms with Crippen molar-refractivity contribution in [1.82, 2.24) is 0 Å². The molecule has 0 aromatic heterocycles. The Hall–Kier alpha value is 1.22. The van der Waals surface area contributed by atoms with E-state index in [1.54, 1.807) is 50.0 Å². The Bertz CT molecular complexity index is 170. The van der Waals surface area contributed by atoms with Gasteiger partial charge in [-0.3, -0.25) is 16.8 Å². The third-order valence-electron chi connectivity index (χ3n) is 0. The summed E-state index contributed by atoms with van der Waals surface area (Å²) in [4.78, 5) is 0. The SMILES string of the molecule is CS(C)=[OH+].CS(C)=[OH+].CS(C)=[OH+].CS(C)=[OH+].[Ru+2]. The summed E-state index contributed by atoms with van der Waals surface area (Å²) in [5.41, 5.74) is 0. The van der Waals surface area contributed by atoms with Crippen molar-refractivity contribution in [3.8, 4) is 0 Å². The molecule has 0 spiro atoms. The molecule has 0 bridgehead atoms. The van der Waals surface area contributed by atoms with Crippen LogP contribution in [0.2, 0.25) is 0 Å². The molecule has 0 fully saturated rings. The summed E-state index contributed by atoms with van der Waals surface area (Å²) in [7, 11) is -1.44. The van der Waals surface area contributed by atoms with Crippen molar-refractivity contribution in [2.45, 2.75) is 0 Å². The first-order chi connectivity index (χ1) is 6.93. The normalized spacial score (nSPS) is 8.24. The molecule has 0 saturated heterocycles. The van der Waals surface area contributed by atoms with Gasteiger partial charge in [0.25, 0.3) is 0 Å². The van der Waals surface area contributed by atoms with Crippen LogP contribution < -0.4 is 0 Å². The molecular weight excluding hydrogens is 389 g/mol. The Morgan fingerprint density at radius 2 is 0.412 bits per heavy atom. The van der Waals surface area contributed by atoms with Gasteiger partial charge in [-0.1, -0.05) is 0 Å². The van der Waals surface area contributed by atoms with Crippen molar-refractivity contribution >= 4 is 43.2 Å². The van der Waals surface area contributed by atoms with Gasteiger partial charge in [0.2, 0.25) is 0 Å². The smallest absolute Gasteiger partial charge is 0.253 e. The second-order valence-corrected chi connectivity index (χ2v) is 9.28. The van der Waals surface area contributed by atoms with Gasteiger partial charge in [0, 0.05) is 0 Å². The van der Waals surface area contributed by atoms with E-state index in [-0.39, 0.29) is 62.7 Å². The molecule has 0 atom stereocenters. The van der Waals surface area contributed by atoms with Gasteiger partial charge in [-0.15, -0.1) is 0 Å². The predicted molar refractivity (Wildman–Crippen MR) is 84.6 cm³/mol. The number of hydrogen-bond donors (Lipinski definition) is 0. The van der Waals surface area contributed by atoms with E-state index in [4.69, 9.17) is 16.8 Å². The van der Waals surface area contributed by atoms with Crippen LogP contribution in [-0.2, 0) is 62.7 Å². The first-order valence-corrected chi connectivity index (χ1v) is 12.0. The van der Waals surface area contributed by atoms with E-state index < -0.39 is 0 Å². The molecule has 0 saturated carbocycles. The maximum atomic E-state index is 8.08. The summed E-state index contributed by atoms with van der Waals surface area (Å²) in [5, 5.41) is 0. The topological polar surface area (TPSA) is 85.6 Å². The van der Waals surface area contributed by atoms with E-state index in [1.165, 1.54) is 0 Å². The molecule has 0 aromatic rings. The van der Waals surface area contributed by atoms with Gasteiger partial charge in [0.1, 0.15) is 0 Å². The van der Waals surface area contributed by atoms with Crippen molar-refractivity contribution in [3.05, 3.63) is 0 Å². The van der Waals surface area contributed by atoms with Crippen LogP contribution in [0.15, 0.2) is 0 Å². The minimum Gasteiger partial charge on any atom is -0.253 e. The second kappa shape index (κ2) is 25.9. The molecule has 0 aliphatic heterocycles. The molecule has 4 nitrogen and oxygen atoms in total. The molecule has 9 heteroatoms. The summed E-state index contributed by atoms with van der Waals surface area (Å²) in [6, 6.07) is 0. The maximum Gasteiger partial charge on any atom is 2.00 e. The summed E-state index contributed by atoms with van der Waals surface area (Å²) in [6.45, 7) is 0. The van der Waals surface area contributed by atoms with E-state index in [0.717, 1.165) is 0 Å². The minimum atomic E-state index is -0.361. The van der Waals surface area contributed by atoms with E-state index in [2.05, 4.69) is 0 Å². The van der Waals surface area contributed by atoms with Crippen molar-refractivity contribution < 1.29 is 36.3 Å². The first-order valence-electron chi connectivity index (χ1n) is 4.00. The molecular formula is C8H28O4RuS4+6. The molecule has 0 amide bonds. The fourth-order valence-corrected chi connectivity index (χ4v) is 0. The zero-order chi connectivity index (χ0) is 14.3. The standard InChI is InChI=1S/4C2H6OS.Ru/c4*1-4(2)3;/h4*1-2H3;/q;;;;+2/p+4. The minimum absolute atomic E-state index is 0. The monoisotopic (exact) mass is 418 g/mol. The third kappa shape index (κ3) is 2670. The molecule has 0 aliphatic carbocycles. The van der Waals surface area contributed by atoms with Crippen LogP contribution in [0.5, 0.6) is 0 Å². The van der Waals surface area contributed by atoms with Crippen LogP contribution >= 0.6 is 0 Å². The van der Waals surface area contributed by atoms with Crippen LogP contribution in [0.4, 0.5) is 0 Å². The molecule has 0 aromatic carbocycles. The van der Waals surface area contributed by atoms with Gasteiger partial charge in [-0.25, -0.2) is 0 Å². The quantitative estimate of drug-likeness (QED) is 0.408. The van der Waals surface area contributed by atoms with Crippen LogP contribution in [0.1, 0.15) is 0 Å². The molecule has 4 N–H and O–H groups in total. The zero-order valence-electron chi connectivity index (χ0n) is 11.8. The average Bonchev–Trinajstić information content (AvgIpc) is 1.76. The molecule has 110 valence electrons. The fourth-order valence-electron chi connectivity index (χ4n) is 0. The van der Waals surface area contributed by atoms with E-state index in [9.17, 15) is 0 Å². The second-order valence-electron chi connectivity index (χ2n) is 3.09. The molecule has 17 heavy (non-hydrogen) atoms. The summed E-state index contributed by atoms with van der Waals surface area (Å²) in [5.74, 6) is 0. The van der Waals surface area contributed by atoms with Crippen LogP contribution in [0, 0.1) is 0 Å². The number of rotatable bonds is 0. The molecule has 0 unspecified atom stereocenters. The Morgan fingerprint density at radius 3 is 0.412 bits per heavy atom. The van der Waals surface area contributed by atoms with Gasteiger partial charge >= 0.3 is 19.5 Å². The van der Waals surface area contributed by atoms with Crippen molar-refractivity contribution in [1.29, 1.82) is 0 Å². The van der Waals surface area contributed by atoms with Crippen LogP contribution in [-0.4, -0.2) is 66.9 Å². The van der Waals surface area contributed by atoms with Gasteiger partial charge in [-0.2, -0.15) is 0 Å². The zero-order valence-corrected chi connectivity index (χ0v) is 16.8. The van der Waals surface area contributed by atoms with Crippen LogP contribution in [0.3, 0.4) is 0 Å². The van der Waals surface area contributed by atoms with E-state index in [1.807, 2.05) is 0 Å². The van der Waals surface area contributed by atoms with Crippen molar-refractivity contribution in [3.63, 3.8) is 0 Å². The fraction of sp³-hybridized carbons (Fsp3) is 1.00. The van der Waals surface area contributed by atoms with Crippen LogP contribution in [0.25, 0.3) is 0 Å². The Kier molecular flexibility index (Phi) is 47.1. The summed E-state index contributed by atoms with van der Waals surface area (Å²) in [6.07, 6.45) is 14.0. The summed E-state index contributed by atoms with van der Waals surface area (Å²) < 4.78 is 32.3. The van der Waals surface area contributed by atoms with Gasteiger partial charge in [-0.05, 0) is 0 Å². The number of hydrogen-bond acceptors (Lipinski definition) is 0. The Morgan fingerprint density at radius 1 is 0.412 bits per heavy atom. The van der Waals surface area contributed by atoms with Gasteiger partial charge in [0.05, 0.1) is 50.0 Å². The van der Waals surface area contributed by atoms with Crippen molar-refractivity contribution in [2.75, 3.05) is 50.0 Å². The van der Waals surface area contributed by atoms with Gasteiger partial charge < -0.3 is 0 Å². The molecule has 0 radical (unpaired) electrons. The largest absolute Gasteiger partial charge is 2.00 e. The van der Waals surface area contributed by atoms with Crippen molar-refractivity contribution in [2.24, 2.45) is 0 Å². The first kappa shape index (κ1) is 30.9. The molecule has 0 rings (SSSR count). The summed E-state index contributed by atoms with van der Waals surface area (Å²) >= 11 is 0. The third-order valence-corrected chi connectivity index (χ3v) is 0. The van der Waals surface area contributed by atoms with E-state index in [0.29, 0.717) is 0 Å². The maximum absolute atomic E-state index is 8.08. The van der Waals surface area contributed by atoms with Gasteiger partial charge in [0.15, 0.2) is 43.2 Å². The predicted octanol–water partition coefficient (Wildman–Crippen LogP) is 0.605. The Labute approximate surface area is 129 Å². The Balaban J connectivity index is -0.0000000369. The van der Waals surface area contributed by atoms with E-state index >= 15 is 0 Å². The average molecular weight is 418 g/mol.